The Kier molecular flexibility index (Phi) is 6.06. The molecule has 0 bridgehead atoms. The third-order valence-electron chi connectivity index (χ3n) is 6.30. The number of fused-ring (bicyclic) bond motifs is 1. The summed E-state index contributed by atoms with van der Waals surface area (Å²) in [5.74, 6) is -0.157. The number of aryl methyl sites for hydroxylation is 1. The van der Waals surface area contributed by atoms with Crippen LogP contribution in [0.4, 0.5) is 5.69 Å². The number of carbonyl (C=O) groups excluding carboxylic acids is 1. The molecular formula is C24H28N6O3. The minimum absolute atomic E-state index is 0.0354. The van der Waals surface area contributed by atoms with Gasteiger partial charge in [0, 0.05) is 44.5 Å². The van der Waals surface area contributed by atoms with E-state index in [-0.39, 0.29) is 17.5 Å². The van der Waals surface area contributed by atoms with E-state index in [9.17, 15) is 9.59 Å². The summed E-state index contributed by atoms with van der Waals surface area (Å²) in [5, 5.41) is 2.91. The number of amides is 1. The van der Waals surface area contributed by atoms with Crippen molar-refractivity contribution in [1.82, 2.24) is 25.2 Å². The van der Waals surface area contributed by atoms with Crippen LogP contribution in [0.25, 0.3) is 11.0 Å². The van der Waals surface area contributed by atoms with Gasteiger partial charge in [-0.2, -0.15) is 0 Å². The Labute approximate surface area is 191 Å². The summed E-state index contributed by atoms with van der Waals surface area (Å²) in [4.78, 5) is 40.9. The van der Waals surface area contributed by atoms with Crippen molar-refractivity contribution in [3.63, 3.8) is 0 Å². The van der Waals surface area contributed by atoms with Gasteiger partial charge in [-0.25, -0.2) is 4.98 Å². The molecule has 2 N–H and O–H groups in total. The first-order chi connectivity index (χ1) is 16.1. The molecule has 0 unspecified atom stereocenters. The molecule has 33 heavy (non-hydrogen) atoms. The highest BCUT2D eigenvalue weighted by Gasteiger charge is 2.22. The monoisotopic (exact) mass is 448 g/mol. The van der Waals surface area contributed by atoms with Gasteiger partial charge in [0.05, 0.1) is 42.2 Å². The molecular weight excluding hydrogens is 420 g/mol. The Balaban J connectivity index is 1.17. The summed E-state index contributed by atoms with van der Waals surface area (Å²) in [6, 6.07) is 7.74. The number of hydrogen-bond acceptors (Lipinski definition) is 7. The molecule has 3 aromatic heterocycles. The molecule has 0 radical (unpaired) electrons. The molecule has 1 amide bonds. The molecule has 0 aromatic carbocycles. The standard InChI is InChI=1S/C24H28N6O3/c1-2-17-10-21-22(28-23(17)31)9-16(11-25-21)13-29-5-7-30(8-6-29)19-3-4-20(26-12-19)24(32)27-18-14-33-15-18/h3-4,9-12,18H,2,5-8,13-15H2,1H3,(H,27,32)(H,28,31). The topological polar surface area (TPSA) is 103 Å². The van der Waals surface area contributed by atoms with Crippen molar-refractivity contribution >= 4 is 22.6 Å². The molecule has 172 valence electrons. The van der Waals surface area contributed by atoms with Gasteiger partial charge in [0.15, 0.2) is 0 Å². The number of H-pyrrole nitrogens is 1. The average Bonchev–Trinajstić information content (AvgIpc) is 2.81. The second-order valence-corrected chi connectivity index (χ2v) is 8.63. The van der Waals surface area contributed by atoms with Crippen LogP contribution >= 0.6 is 0 Å². The second-order valence-electron chi connectivity index (χ2n) is 8.63. The van der Waals surface area contributed by atoms with Crippen LogP contribution in [0.3, 0.4) is 0 Å². The molecule has 0 atom stereocenters. The van der Waals surface area contributed by atoms with Crippen molar-refractivity contribution in [3.8, 4) is 0 Å². The maximum atomic E-state index is 12.2. The molecule has 2 aliphatic heterocycles. The summed E-state index contributed by atoms with van der Waals surface area (Å²) in [5.41, 5.74) is 4.87. The van der Waals surface area contributed by atoms with Crippen LogP contribution in [0.5, 0.6) is 0 Å². The fraction of sp³-hybridized carbons (Fsp3) is 0.417. The highest BCUT2D eigenvalue weighted by atomic mass is 16.5. The van der Waals surface area contributed by atoms with Gasteiger partial charge >= 0.3 is 0 Å². The zero-order valence-electron chi connectivity index (χ0n) is 18.7. The normalized spacial score (nSPS) is 17.2. The van der Waals surface area contributed by atoms with Gasteiger partial charge in [0.2, 0.25) is 0 Å². The second kappa shape index (κ2) is 9.29. The third kappa shape index (κ3) is 4.74. The van der Waals surface area contributed by atoms with Gasteiger partial charge in [-0.1, -0.05) is 6.92 Å². The number of nitrogens with zero attached hydrogens (tertiary/aromatic N) is 4. The van der Waals surface area contributed by atoms with Gasteiger partial charge < -0.3 is 19.9 Å². The van der Waals surface area contributed by atoms with Crippen molar-refractivity contribution < 1.29 is 9.53 Å². The van der Waals surface area contributed by atoms with Gasteiger partial charge in [-0.3, -0.25) is 19.5 Å². The summed E-state index contributed by atoms with van der Waals surface area (Å²) >= 11 is 0. The van der Waals surface area contributed by atoms with Gasteiger partial charge in [0.25, 0.3) is 11.5 Å². The number of hydrogen-bond donors (Lipinski definition) is 2. The van der Waals surface area contributed by atoms with Gasteiger partial charge in [-0.15, -0.1) is 0 Å². The van der Waals surface area contributed by atoms with E-state index in [1.165, 1.54) is 0 Å². The molecule has 2 saturated heterocycles. The van der Waals surface area contributed by atoms with Crippen molar-refractivity contribution in [2.45, 2.75) is 25.9 Å². The summed E-state index contributed by atoms with van der Waals surface area (Å²) < 4.78 is 5.08. The van der Waals surface area contributed by atoms with E-state index < -0.39 is 0 Å². The van der Waals surface area contributed by atoms with E-state index in [0.29, 0.717) is 25.3 Å². The number of aromatic nitrogens is 3. The van der Waals surface area contributed by atoms with Crippen LogP contribution in [0, 0.1) is 0 Å². The van der Waals surface area contributed by atoms with E-state index in [4.69, 9.17) is 4.74 Å². The fourth-order valence-electron chi connectivity index (χ4n) is 4.22. The van der Waals surface area contributed by atoms with Crippen LogP contribution in [0.15, 0.2) is 41.5 Å². The summed E-state index contributed by atoms with van der Waals surface area (Å²) in [6.45, 7) is 7.48. The number of rotatable bonds is 6. The van der Waals surface area contributed by atoms with Crippen molar-refractivity contribution in [2.24, 2.45) is 0 Å². The molecule has 9 nitrogen and oxygen atoms in total. The van der Waals surface area contributed by atoms with Crippen LogP contribution in [0.1, 0.15) is 28.5 Å². The fourth-order valence-corrected chi connectivity index (χ4v) is 4.22. The Morgan fingerprint density at radius 1 is 1.15 bits per heavy atom. The zero-order valence-corrected chi connectivity index (χ0v) is 18.7. The van der Waals surface area contributed by atoms with Crippen molar-refractivity contribution in [1.29, 1.82) is 0 Å². The molecule has 2 fully saturated rings. The predicted octanol–water partition coefficient (Wildman–Crippen LogP) is 1.33. The largest absolute Gasteiger partial charge is 0.377 e. The van der Waals surface area contributed by atoms with Crippen LogP contribution < -0.4 is 15.8 Å². The number of aromatic amines is 1. The maximum Gasteiger partial charge on any atom is 0.270 e. The van der Waals surface area contributed by atoms with Crippen LogP contribution in [-0.2, 0) is 17.7 Å². The smallest absolute Gasteiger partial charge is 0.270 e. The van der Waals surface area contributed by atoms with Crippen LogP contribution in [-0.4, -0.2) is 71.2 Å². The first kappa shape index (κ1) is 21.5. The van der Waals surface area contributed by atoms with E-state index in [0.717, 1.165) is 60.6 Å². The summed E-state index contributed by atoms with van der Waals surface area (Å²) in [7, 11) is 0. The van der Waals surface area contributed by atoms with Crippen LogP contribution in [0.2, 0.25) is 0 Å². The molecule has 0 spiro atoms. The predicted molar refractivity (Wildman–Crippen MR) is 126 cm³/mol. The lowest BCUT2D eigenvalue weighted by atomic mass is 10.1. The lowest BCUT2D eigenvalue weighted by molar-refractivity contribution is -0.00354. The Bertz CT molecular complexity index is 1200. The van der Waals surface area contributed by atoms with E-state index in [1.807, 2.05) is 31.3 Å². The number of anilines is 1. The minimum Gasteiger partial charge on any atom is -0.377 e. The number of pyridine rings is 3. The first-order valence-corrected chi connectivity index (χ1v) is 11.4. The quantitative estimate of drug-likeness (QED) is 0.586. The molecule has 0 saturated carbocycles. The molecule has 2 aliphatic rings. The highest BCUT2D eigenvalue weighted by Crippen LogP contribution is 2.18. The number of nitrogens with one attached hydrogen (secondary N) is 2. The number of carbonyl (C=O) groups is 1. The van der Waals surface area contributed by atoms with Gasteiger partial charge in [0.1, 0.15) is 5.69 Å². The Hall–Kier alpha value is -3.30. The van der Waals surface area contributed by atoms with E-state index >= 15 is 0 Å². The third-order valence-corrected chi connectivity index (χ3v) is 6.30. The lowest BCUT2D eigenvalue weighted by Crippen LogP contribution is -2.48. The maximum absolute atomic E-state index is 12.2. The van der Waals surface area contributed by atoms with Gasteiger partial charge in [-0.05, 0) is 36.2 Å². The SMILES string of the molecule is CCc1cc2ncc(CN3CCN(c4ccc(C(=O)NC5COC5)nc4)CC3)cc2[nH]c1=O. The Morgan fingerprint density at radius 3 is 2.64 bits per heavy atom. The van der Waals surface area contributed by atoms with E-state index in [2.05, 4.69) is 30.1 Å². The molecule has 9 heteroatoms. The molecule has 5 heterocycles. The number of ether oxygens (including phenoxy) is 1. The lowest BCUT2D eigenvalue weighted by Gasteiger charge is -2.36. The Morgan fingerprint density at radius 2 is 1.97 bits per heavy atom. The highest BCUT2D eigenvalue weighted by molar-refractivity contribution is 5.92. The minimum atomic E-state index is -0.157. The number of piperazine rings is 1. The molecule has 3 aromatic rings. The average molecular weight is 449 g/mol. The first-order valence-electron chi connectivity index (χ1n) is 11.4. The van der Waals surface area contributed by atoms with Crippen molar-refractivity contribution in [3.05, 3.63) is 63.8 Å². The molecule has 5 rings (SSSR count). The summed E-state index contributed by atoms with van der Waals surface area (Å²) in [6.07, 6.45) is 4.37. The van der Waals surface area contributed by atoms with Crippen molar-refractivity contribution in [2.75, 3.05) is 44.3 Å². The van der Waals surface area contributed by atoms with E-state index in [1.54, 1.807) is 12.3 Å². The zero-order chi connectivity index (χ0) is 22.8. The molecule has 0 aliphatic carbocycles.